The molecular formula is C12H11NO2. The summed E-state index contributed by atoms with van der Waals surface area (Å²) in [6.45, 7) is 0.702. The third-order valence-corrected chi connectivity index (χ3v) is 2.21. The van der Waals surface area contributed by atoms with Crippen molar-refractivity contribution in [2.75, 3.05) is 0 Å². The Morgan fingerprint density at radius 2 is 1.93 bits per heavy atom. The van der Waals surface area contributed by atoms with Crippen LogP contribution in [0.1, 0.15) is 15.9 Å². The fraction of sp³-hybridized carbons (Fsp3) is 0.0833. The Balaban J connectivity index is 2.22. The van der Waals surface area contributed by atoms with Crippen molar-refractivity contribution in [1.29, 1.82) is 0 Å². The zero-order valence-corrected chi connectivity index (χ0v) is 8.13. The van der Waals surface area contributed by atoms with E-state index in [1.54, 1.807) is 18.2 Å². The standard InChI is InChI=1S/C12H11NO2/c14-12(15)11-5-3-4-10(8-11)9-13-6-1-2-7-13/h1-8H,9H2,(H,14,15). The molecule has 1 heterocycles. The Hall–Kier alpha value is -2.03. The van der Waals surface area contributed by atoms with Crippen LogP contribution in [0.25, 0.3) is 0 Å². The predicted molar refractivity (Wildman–Crippen MR) is 56.9 cm³/mol. The topological polar surface area (TPSA) is 42.2 Å². The summed E-state index contributed by atoms with van der Waals surface area (Å²) in [6.07, 6.45) is 3.90. The highest BCUT2D eigenvalue weighted by Gasteiger charge is 2.02. The van der Waals surface area contributed by atoms with E-state index in [4.69, 9.17) is 5.11 Å². The second kappa shape index (κ2) is 4.00. The third-order valence-electron chi connectivity index (χ3n) is 2.21. The Bertz CT molecular complexity index is 460. The molecule has 1 N–H and O–H groups in total. The first kappa shape index (κ1) is 9.52. The van der Waals surface area contributed by atoms with Gasteiger partial charge in [0, 0.05) is 18.9 Å². The number of carbonyl (C=O) groups is 1. The average molecular weight is 201 g/mol. The van der Waals surface area contributed by atoms with Gasteiger partial charge in [0.05, 0.1) is 5.56 Å². The molecule has 0 radical (unpaired) electrons. The molecule has 0 unspecified atom stereocenters. The van der Waals surface area contributed by atoms with Crippen LogP contribution in [0.4, 0.5) is 0 Å². The molecule has 0 saturated carbocycles. The van der Waals surface area contributed by atoms with Gasteiger partial charge >= 0.3 is 5.97 Å². The quantitative estimate of drug-likeness (QED) is 0.827. The zero-order valence-electron chi connectivity index (χ0n) is 8.13. The minimum atomic E-state index is -0.885. The van der Waals surface area contributed by atoms with E-state index in [0.717, 1.165) is 5.56 Å². The van der Waals surface area contributed by atoms with Gasteiger partial charge in [-0.25, -0.2) is 4.79 Å². The van der Waals surface area contributed by atoms with Crippen molar-refractivity contribution in [2.45, 2.75) is 6.54 Å². The van der Waals surface area contributed by atoms with Crippen molar-refractivity contribution in [2.24, 2.45) is 0 Å². The van der Waals surface area contributed by atoms with E-state index in [9.17, 15) is 4.79 Å². The van der Waals surface area contributed by atoms with Gasteiger partial charge in [0.1, 0.15) is 0 Å². The maximum Gasteiger partial charge on any atom is 0.335 e. The maximum absolute atomic E-state index is 10.7. The monoisotopic (exact) mass is 201 g/mol. The van der Waals surface area contributed by atoms with Crippen LogP contribution in [0.15, 0.2) is 48.8 Å². The molecule has 0 aliphatic heterocycles. The van der Waals surface area contributed by atoms with Crippen LogP contribution < -0.4 is 0 Å². The molecule has 3 heteroatoms. The summed E-state index contributed by atoms with van der Waals surface area (Å²) in [5, 5.41) is 8.83. The van der Waals surface area contributed by atoms with E-state index in [2.05, 4.69) is 0 Å². The SMILES string of the molecule is O=C(O)c1cccc(Cn2cccc2)c1. The lowest BCUT2D eigenvalue weighted by molar-refractivity contribution is 0.0697. The Labute approximate surface area is 87.6 Å². The molecule has 2 rings (SSSR count). The van der Waals surface area contributed by atoms with Crippen LogP contribution in [-0.2, 0) is 6.54 Å². The summed E-state index contributed by atoms with van der Waals surface area (Å²) in [7, 11) is 0. The molecule has 76 valence electrons. The summed E-state index contributed by atoms with van der Waals surface area (Å²) in [4.78, 5) is 10.7. The van der Waals surface area contributed by atoms with Gasteiger partial charge < -0.3 is 9.67 Å². The highest BCUT2D eigenvalue weighted by atomic mass is 16.4. The first-order valence-electron chi connectivity index (χ1n) is 4.69. The number of carboxylic acid groups (broad SMARTS) is 1. The van der Waals surface area contributed by atoms with Crippen molar-refractivity contribution in [3.63, 3.8) is 0 Å². The van der Waals surface area contributed by atoms with Gasteiger partial charge in [0.2, 0.25) is 0 Å². The van der Waals surface area contributed by atoms with Gasteiger partial charge in [-0.3, -0.25) is 0 Å². The van der Waals surface area contributed by atoms with Crippen LogP contribution in [0.5, 0.6) is 0 Å². The summed E-state index contributed by atoms with van der Waals surface area (Å²) in [5.74, 6) is -0.885. The van der Waals surface area contributed by atoms with E-state index >= 15 is 0 Å². The molecule has 1 aromatic heterocycles. The van der Waals surface area contributed by atoms with Crippen LogP contribution >= 0.6 is 0 Å². The normalized spacial score (nSPS) is 10.1. The molecule has 0 amide bonds. The molecule has 0 saturated heterocycles. The summed E-state index contributed by atoms with van der Waals surface area (Å²) in [5.41, 5.74) is 1.32. The van der Waals surface area contributed by atoms with Crippen LogP contribution in [0.2, 0.25) is 0 Å². The largest absolute Gasteiger partial charge is 0.478 e. The van der Waals surface area contributed by atoms with Gasteiger partial charge in [-0.05, 0) is 29.8 Å². The molecule has 15 heavy (non-hydrogen) atoms. The fourth-order valence-electron chi connectivity index (χ4n) is 1.49. The van der Waals surface area contributed by atoms with Gasteiger partial charge in [-0.1, -0.05) is 12.1 Å². The van der Waals surface area contributed by atoms with E-state index < -0.39 is 5.97 Å². The number of rotatable bonds is 3. The Morgan fingerprint density at radius 1 is 1.20 bits per heavy atom. The molecule has 2 aromatic rings. The molecule has 0 fully saturated rings. The second-order valence-corrected chi connectivity index (χ2v) is 3.36. The van der Waals surface area contributed by atoms with Gasteiger partial charge in [0.15, 0.2) is 0 Å². The van der Waals surface area contributed by atoms with Crippen molar-refractivity contribution in [3.8, 4) is 0 Å². The number of benzene rings is 1. The Morgan fingerprint density at radius 3 is 2.60 bits per heavy atom. The van der Waals surface area contributed by atoms with Crippen molar-refractivity contribution >= 4 is 5.97 Å². The number of nitrogens with zero attached hydrogens (tertiary/aromatic N) is 1. The third kappa shape index (κ3) is 2.26. The second-order valence-electron chi connectivity index (χ2n) is 3.36. The lowest BCUT2D eigenvalue weighted by Gasteiger charge is -2.03. The predicted octanol–water partition coefficient (Wildman–Crippen LogP) is 2.23. The molecule has 0 aliphatic rings. The average Bonchev–Trinajstić information content (AvgIpc) is 2.71. The first-order chi connectivity index (χ1) is 7.25. The number of hydrogen-bond donors (Lipinski definition) is 1. The Kier molecular flexibility index (Phi) is 2.54. The lowest BCUT2D eigenvalue weighted by Crippen LogP contribution is -2.00. The molecule has 1 aromatic carbocycles. The van der Waals surface area contributed by atoms with Gasteiger partial charge in [0.25, 0.3) is 0 Å². The van der Waals surface area contributed by atoms with Crippen LogP contribution in [0.3, 0.4) is 0 Å². The van der Waals surface area contributed by atoms with Crippen molar-refractivity contribution in [1.82, 2.24) is 4.57 Å². The molecule has 0 atom stereocenters. The minimum Gasteiger partial charge on any atom is -0.478 e. The first-order valence-corrected chi connectivity index (χ1v) is 4.69. The van der Waals surface area contributed by atoms with Crippen molar-refractivity contribution < 1.29 is 9.90 Å². The van der Waals surface area contributed by atoms with E-state index in [1.807, 2.05) is 35.2 Å². The molecular weight excluding hydrogens is 190 g/mol. The molecule has 3 nitrogen and oxygen atoms in total. The molecule has 0 bridgehead atoms. The van der Waals surface area contributed by atoms with Gasteiger partial charge in [-0.2, -0.15) is 0 Å². The summed E-state index contributed by atoms with van der Waals surface area (Å²) >= 11 is 0. The van der Waals surface area contributed by atoms with E-state index in [1.165, 1.54) is 0 Å². The molecule has 0 aliphatic carbocycles. The van der Waals surface area contributed by atoms with Crippen LogP contribution in [-0.4, -0.2) is 15.6 Å². The van der Waals surface area contributed by atoms with Gasteiger partial charge in [-0.15, -0.1) is 0 Å². The summed E-state index contributed by atoms with van der Waals surface area (Å²) < 4.78 is 2.00. The summed E-state index contributed by atoms with van der Waals surface area (Å²) in [6, 6.07) is 10.9. The number of aromatic nitrogens is 1. The minimum absolute atomic E-state index is 0.333. The van der Waals surface area contributed by atoms with Crippen LogP contribution in [0, 0.1) is 0 Å². The lowest BCUT2D eigenvalue weighted by atomic mass is 10.1. The van der Waals surface area contributed by atoms with Crippen molar-refractivity contribution in [3.05, 3.63) is 59.9 Å². The maximum atomic E-state index is 10.7. The fourth-order valence-corrected chi connectivity index (χ4v) is 1.49. The number of hydrogen-bond acceptors (Lipinski definition) is 1. The van der Waals surface area contributed by atoms with E-state index in [-0.39, 0.29) is 0 Å². The highest BCUT2D eigenvalue weighted by molar-refractivity contribution is 5.87. The smallest absolute Gasteiger partial charge is 0.335 e. The zero-order chi connectivity index (χ0) is 10.7. The highest BCUT2D eigenvalue weighted by Crippen LogP contribution is 2.07. The number of carboxylic acids is 1. The van der Waals surface area contributed by atoms with E-state index in [0.29, 0.717) is 12.1 Å². The molecule has 0 spiro atoms. The number of aromatic carboxylic acids is 1.